The van der Waals surface area contributed by atoms with E-state index in [1.165, 1.54) is 12.1 Å². The quantitative estimate of drug-likeness (QED) is 0.340. The first kappa shape index (κ1) is 31.0. The zero-order valence-electron chi connectivity index (χ0n) is 25.6. The number of hydrogen-bond acceptors (Lipinski definition) is 9. The molecule has 1 aromatic heterocycles. The van der Waals surface area contributed by atoms with Gasteiger partial charge in [-0.15, -0.1) is 0 Å². The normalized spacial score (nSPS) is 21.6. The smallest absolute Gasteiger partial charge is 0.318 e. The second kappa shape index (κ2) is 13.2. The van der Waals surface area contributed by atoms with E-state index in [0.29, 0.717) is 64.4 Å². The molecule has 0 saturated carbocycles. The highest BCUT2D eigenvalue weighted by molar-refractivity contribution is 6.36. The maximum atomic E-state index is 14.6. The number of carbonyl (C=O) groups is 1. The summed E-state index contributed by atoms with van der Waals surface area (Å²) in [5, 5.41) is 11.2. The van der Waals surface area contributed by atoms with Crippen molar-refractivity contribution in [2.24, 2.45) is 5.92 Å². The van der Waals surface area contributed by atoms with E-state index in [-0.39, 0.29) is 41.4 Å². The van der Waals surface area contributed by atoms with Crippen molar-refractivity contribution in [1.29, 1.82) is 5.26 Å². The first-order chi connectivity index (χ1) is 21.8. The molecule has 12 heteroatoms. The maximum Gasteiger partial charge on any atom is 0.318 e. The van der Waals surface area contributed by atoms with E-state index in [4.69, 9.17) is 31.0 Å². The van der Waals surface area contributed by atoms with E-state index in [2.05, 4.69) is 27.3 Å². The van der Waals surface area contributed by atoms with Gasteiger partial charge in [0.2, 0.25) is 5.91 Å². The van der Waals surface area contributed by atoms with Crippen molar-refractivity contribution >= 4 is 39.8 Å². The predicted octanol–water partition coefficient (Wildman–Crippen LogP) is 4.06. The molecule has 2 fully saturated rings. The Morgan fingerprint density at radius 3 is 2.84 bits per heavy atom. The number of anilines is 2. The number of carbonyl (C=O) groups excluding carboxylic acids is 1. The van der Waals surface area contributed by atoms with Gasteiger partial charge in [0.15, 0.2) is 0 Å². The number of nitriles is 1. The molecule has 6 rings (SSSR count). The van der Waals surface area contributed by atoms with E-state index < -0.39 is 5.82 Å². The minimum Gasteiger partial charge on any atom is -0.463 e. The molecule has 0 spiro atoms. The number of piperazine rings is 1. The number of ether oxygens (including phenoxy) is 2. The van der Waals surface area contributed by atoms with Gasteiger partial charge in [0, 0.05) is 54.8 Å². The fourth-order valence-corrected chi connectivity index (χ4v) is 6.98. The third-order valence-electron chi connectivity index (χ3n) is 9.10. The molecule has 0 bridgehead atoms. The molecule has 3 aliphatic heterocycles. The van der Waals surface area contributed by atoms with Crippen molar-refractivity contribution in [3.63, 3.8) is 0 Å². The molecule has 4 heterocycles. The molecule has 10 nitrogen and oxygen atoms in total. The molecule has 236 valence electrons. The van der Waals surface area contributed by atoms with E-state index in [1.807, 2.05) is 32.3 Å². The topological polar surface area (TPSA) is 98.1 Å². The molecule has 0 aliphatic carbocycles. The van der Waals surface area contributed by atoms with E-state index >= 15 is 0 Å². The van der Waals surface area contributed by atoms with Crippen LogP contribution < -0.4 is 14.5 Å². The van der Waals surface area contributed by atoms with Crippen LogP contribution in [-0.4, -0.2) is 97.9 Å². The lowest BCUT2D eigenvalue weighted by atomic mass is 10.0. The van der Waals surface area contributed by atoms with Gasteiger partial charge in [-0.1, -0.05) is 36.4 Å². The predicted molar refractivity (Wildman–Crippen MR) is 171 cm³/mol. The zero-order valence-corrected chi connectivity index (χ0v) is 26.3. The number of halogens is 2. The number of amides is 1. The zero-order chi connectivity index (χ0) is 31.7. The summed E-state index contributed by atoms with van der Waals surface area (Å²) in [4.78, 5) is 30.6. The highest BCUT2D eigenvalue weighted by Crippen LogP contribution is 2.38. The van der Waals surface area contributed by atoms with Gasteiger partial charge in [-0.05, 0) is 44.1 Å². The van der Waals surface area contributed by atoms with Crippen molar-refractivity contribution in [3.8, 4) is 12.1 Å². The fourth-order valence-electron chi connectivity index (χ4n) is 6.71. The summed E-state index contributed by atoms with van der Waals surface area (Å²) < 4.78 is 26.6. The number of hydrogen-bond donors (Lipinski definition) is 0. The Morgan fingerprint density at radius 2 is 2.07 bits per heavy atom. The van der Waals surface area contributed by atoms with Gasteiger partial charge in [-0.25, -0.2) is 4.39 Å². The highest BCUT2D eigenvalue weighted by atomic mass is 35.5. The van der Waals surface area contributed by atoms with Gasteiger partial charge in [0.25, 0.3) is 0 Å². The van der Waals surface area contributed by atoms with Gasteiger partial charge in [0.05, 0.1) is 55.6 Å². The van der Waals surface area contributed by atoms with Crippen LogP contribution in [0.1, 0.15) is 17.7 Å². The van der Waals surface area contributed by atoms with E-state index in [1.54, 1.807) is 11.0 Å². The summed E-state index contributed by atoms with van der Waals surface area (Å²) in [5.41, 5.74) is 2.66. The van der Waals surface area contributed by atoms with Gasteiger partial charge < -0.3 is 29.1 Å². The average Bonchev–Trinajstić information content (AvgIpc) is 3.53. The molecule has 0 radical (unpaired) electrons. The van der Waals surface area contributed by atoms with Gasteiger partial charge in [0.1, 0.15) is 11.6 Å². The van der Waals surface area contributed by atoms with Crippen LogP contribution >= 0.6 is 11.6 Å². The van der Waals surface area contributed by atoms with Crippen LogP contribution in [0.3, 0.4) is 0 Å². The van der Waals surface area contributed by atoms with E-state index in [9.17, 15) is 14.4 Å². The first-order valence-electron chi connectivity index (χ1n) is 15.2. The molecule has 2 saturated heterocycles. The molecule has 0 N–H and O–H groups in total. The van der Waals surface area contributed by atoms with Crippen LogP contribution in [-0.2, 0) is 22.5 Å². The molecule has 3 aromatic rings. The van der Waals surface area contributed by atoms with Gasteiger partial charge in [-0.2, -0.15) is 15.2 Å². The monoisotopic (exact) mass is 633 g/mol. The second-order valence-corrected chi connectivity index (χ2v) is 12.4. The van der Waals surface area contributed by atoms with Crippen LogP contribution in [0.15, 0.2) is 43.0 Å². The Kier molecular flexibility index (Phi) is 9.08. The minimum atomic E-state index is -0.456. The molecule has 3 aliphatic rings. The standard InChI is InChI=1S/C33H37ClFN7O3/c1-4-29(43)42-15-14-41(16-23(42)10-12-36)32-24-11-13-40(27-7-5-6-21-8-9-25(35)31(34)30(21)27)17-26(24)37-33(38-32)45-19-22-18-44-20-28(22)39(2)3/h4-9,22-23,28H,1,10-11,13-20H2,2-3H3/t22-,23-,28-/m0/s1. The largest absolute Gasteiger partial charge is 0.463 e. The summed E-state index contributed by atoms with van der Waals surface area (Å²) in [6, 6.07) is 11.4. The van der Waals surface area contributed by atoms with Crippen LogP contribution in [0.4, 0.5) is 15.9 Å². The van der Waals surface area contributed by atoms with Crippen molar-refractivity contribution in [3.05, 3.63) is 65.1 Å². The van der Waals surface area contributed by atoms with Crippen LogP contribution in [0.5, 0.6) is 6.01 Å². The molecular formula is C33H37ClFN7O3. The summed E-state index contributed by atoms with van der Waals surface area (Å²) in [6.45, 7) is 7.84. The average molecular weight is 634 g/mol. The molecule has 3 atom stereocenters. The van der Waals surface area contributed by atoms with Gasteiger partial charge >= 0.3 is 6.01 Å². The summed E-state index contributed by atoms with van der Waals surface area (Å²) in [5.74, 6) is 0.291. The first-order valence-corrected chi connectivity index (χ1v) is 15.6. The lowest BCUT2D eigenvalue weighted by molar-refractivity contribution is -0.128. The molecule has 2 aromatic carbocycles. The molecular weight excluding hydrogens is 597 g/mol. The van der Waals surface area contributed by atoms with Crippen molar-refractivity contribution < 1.29 is 18.7 Å². The third kappa shape index (κ3) is 6.15. The van der Waals surface area contributed by atoms with Crippen molar-refractivity contribution in [2.75, 3.05) is 69.9 Å². The Hall–Kier alpha value is -3.98. The number of nitrogens with zero attached hydrogens (tertiary/aromatic N) is 7. The van der Waals surface area contributed by atoms with Crippen LogP contribution in [0.2, 0.25) is 5.02 Å². The lowest BCUT2D eigenvalue weighted by Crippen LogP contribution is -2.55. The lowest BCUT2D eigenvalue weighted by Gasteiger charge is -2.42. The second-order valence-electron chi connectivity index (χ2n) is 12.0. The molecule has 1 amide bonds. The molecule has 0 unspecified atom stereocenters. The summed E-state index contributed by atoms with van der Waals surface area (Å²) in [7, 11) is 4.07. The SMILES string of the molecule is C=CC(=O)N1CCN(c2nc(OC[C@@H]3COC[C@@H]3N(C)C)nc3c2CCN(c2cccc4ccc(F)c(Cl)c24)C3)C[C@@H]1CC#N. The number of aromatic nitrogens is 2. The van der Waals surface area contributed by atoms with Gasteiger partial charge in [-0.3, -0.25) is 4.79 Å². The Bertz CT molecular complexity index is 1650. The summed E-state index contributed by atoms with van der Waals surface area (Å²) >= 11 is 6.50. The Labute approximate surface area is 267 Å². The molecule has 45 heavy (non-hydrogen) atoms. The highest BCUT2D eigenvalue weighted by Gasteiger charge is 2.35. The summed E-state index contributed by atoms with van der Waals surface area (Å²) in [6.07, 6.45) is 2.14. The Balaban J connectivity index is 1.35. The Morgan fingerprint density at radius 1 is 1.22 bits per heavy atom. The minimum absolute atomic E-state index is 0.103. The third-order valence-corrected chi connectivity index (χ3v) is 9.47. The fraction of sp³-hybridized carbons (Fsp3) is 0.455. The number of likely N-dealkylation sites (N-methyl/N-ethyl adjacent to an activating group) is 1. The van der Waals surface area contributed by atoms with Crippen molar-refractivity contribution in [1.82, 2.24) is 19.8 Å². The maximum absolute atomic E-state index is 14.6. The number of benzene rings is 2. The van der Waals surface area contributed by atoms with E-state index in [0.717, 1.165) is 28.1 Å². The van der Waals surface area contributed by atoms with Crippen molar-refractivity contribution in [2.45, 2.75) is 31.5 Å². The van der Waals surface area contributed by atoms with Crippen LogP contribution in [0.25, 0.3) is 10.8 Å². The number of rotatable bonds is 8. The van der Waals surface area contributed by atoms with Crippen LogP contribution in [0, 0.1) is 23.1 Å². The number of fused-ring (bicyclic) bond motifs is 2.